The second-order valence-electron chi connectivity index (χ2n) is 6.42. The number of benzene rings is 1. The van der Waals surface area contributed by atoms with E-state index in [9.17, 15) is 0 Å². The highest BCUT2D eigenvalue weighted by Gasteiger charge is 2.20. The minimum absolute atomic E-state index is 0.323. The lowest BCUT2D eigenvalue weighted by Gasteiger charge is -2.13. The lowest BCUT2D eigenvalue weighted by atomic mass is 10.1. The van der Waals surface area contributed by atoms with Gasteiger partial charge < -0.3 is 10.3 Å². The van der Waals surface area contributed by atoms with Crippen LogP contribution in [0.3, 0.4) is 0 Å². The minimum Gasteiger partial charge on any atom is -0.330 e. The molecular weight excluding hydrogens is 364 g/mol. The molecule has 0 fully saturated rings. The number of hydrogen-bond donors (Lipinski definition) is 1. The minimum atomic E-state index is 0.323. The van der Waals surface area contributed by atoms with Gasteiger partial charge in [-0.05, 0) is 42.3 Å². The fraction of sp³-hybridized carbons (Fsp3) is 0.300. The lowest BCUT2D eigenvalue weighted by molar-refractivity contribution is 0.663. The van der Waals surface area contributed by atoms with Gasteiger partial charge in [0.15, 0.2) is 0 Å². The largest absolute Gasteiger partial charge is 0.330 e. The maximum atomic E-state index is 6.18. The van der Waals surface area contributed by atoms with Gasteiger partial charge in [-0.15, -0.1) is 0 Å². The molecule has 2 N–H and O–H groups in total. The molecule has 0 atom stereocenters. The van der Waals surface area contributed by atoms with Gasteiger partial charge in [0.05, 0.1) is 12.2 Å². The fourth-order valence-electron chi connectivity index (χ4n) is 2.79. The van der Waals surface area contributed by atoms with E-state index in [1.807, 2.05) is 30.5 Å². The zero-order valence-electron chi connectivity index (χ0n) is 15.0. The summed E-state index contributed by atoms with van der Waals surface area (Å²) < 4.78 is 2.27. The summed E-state index contributed by atoms with van der Waals surface area (Å²) in [6.07, 6.45) is 4.44. The van der Waals surface area contributed by atoms with E-state index in [0.29, 0.717) is 12.5 Å². The summed E-state index contributed by atoms with van der Waals surface area (Å²) in [7, 11) is 0. The molecule has 3 aromatic rings. The van der Waals surface area contributed by atoms with E-state index in [1.54, 1.807) is 18.0 Å². The molecule has 0 unspecified atom stereocenters. The Balaban J connectivity index is 2.06. The number of aromatic nitrogens is 3. The Kier molecular flexibility index (Phi) is 6.35. The van der Waals surface area contributed by atoms with Crippen molar-refractivity contribution in [1.82, 2.24) is 14.5 Å². The molecule has 4 nitrogen and oxygen atoms in total. The van der Waals surface area contributed by atoms with Crippen molar-refractivity contribution >= 4 is 23.4 Å². The van der Waals surface area contributed by atoms with Crippen LogP contribution in [0.5, 0.6) is 0 Å². The Hall–Kier alpha value is -1.82. The predicted octanol–water partition coefficient (Wildman–Crippen LogP) is 4.76. The molecule has 2 heterocycles. The van der Waals surface area contributed by atoms with Crippen LogP contribution in [-0.4, -0.2) is 21.1 Å². The van der Waals surface area contributed by atoms with Crippen molar-refractivity contribution < 1.29 is 0 Å². The van der Waals surface area contributed by atoms with E-state index in [-0.39, 0.29) is 0 Å². The van der Waals surface area contributed by atoms with Crippen LogP contribution in [0.25, 0.3) is 0 Å². The third-order valence-corrected chi connectivity index (χ3v) is 5.36. The molecule has 0 radical (unpaired) electrons. The van der Waals surface area contributed by atoms with Crippen molar-refractivity contribution in [3.63, 3.8) is 0 Å². The van der Waals surface area contributed by atoms with Crippen LogP contribution in [0, 0.1) is 0 Å². The molecule has 1 aromatic carbocycles. The molecule has 0 aliphatic carbocycles. The molecule has 0 saturated carbocycles. The molecule has 2 aromatic heterocycles. The standard InChI is InChI=1S/C20H23ClN4S/c1-14(2)19-20(26-17-7-3-6-16(21)11-17)25(18(24-19)8-9-22)13-15-5-4-10-23-12-15/h3-7,10-12,14H,8-9,13,22H2,1-2H3. The van der Waals surface area contributed by atoms with Crippen LogP contribution < -0.4 is 5.73 Å². The van der Waals surface area contributed by atoms with Crippen molar-refractivity contribution in [1.29, 1.82) is 0 Å². The third-order valence-electron chi connectivity index (χ3n) is 4.01. The number of imidazole rings is 1. The molecule has 0 saturated heterocycles. The molecule has 6 heteroatoms. The van der Waals surface area contributed by atoms with Crippen molar-refractivity contribution in [3.05, 3.63) is 70.9 Å². The van der Waals surface area contributed by atoms with Gasteiger partial charge in [-0.2, -0.15) is 0 Å². The van der Waals surface area contributed by atoms with Crippen molar-refractivity contribution in [3.8, 4) is 0 Å². The summed E-state index contributed by atoms with van der Waals surface area (Å²) in [6, 6.07) is 12.0. The number of hydrogen-bond acceptors (Lipinski definition) is 4. The zero-order valence-corrected chi connectivity index (χ0v) is 16.6. The second kappa shape index (κ2) is 8.71. The fourth-order valence-corrected chi connectivity index (χ4v) is 4.26. The van der Waals surface area contributed by atoms with E-state index in [1.165, 1.54) is 0 Å². The second-order valence-corrected chi connectivity index (χ2v) is 7.92. The SMILES string of the molecule is CC(C)c1nc(CCN)n(Cc2cccnc2)c1Sc1cccc(Cl)c1. The van der Waals surface area contributed by atoms with Gasteiger partial charge in [0.1, 0.15) is 10.9 Å². The molecular formula is C20H23ClN4S. The molecule has 0 aliphatic heterocycles. The summed E-state index contributed by atoms with van der Waals surface area (Å²) >= 11 is 7.88. The smallest absolute Gasteiger partial charge is 0.111 e. The first-order chi connectivity index (χ1) is 12.6. The Morgan fingerprint density at radius 2 is 2.08 bits per heavy atom. The summed E-state index contributed by atoms with van der Waals surface area (Å²) in [5.74, 6) is 1.34. The molecule has 3 rings (SSSR count). The van der Waals surface area contributed by atoms with Crippen molar-refractivity contribution in [2.75, 3.05) is 6.54 Å². The highest BCUT2D eigenvalue weighted by molar-refractivity contribution is 7.99. The number of halogens is 1. The highest BCUT2D eigenvalue weighted by Crippen LogP contribution is 2.36. The predicted molar refractivity (Wildman–Crippen MR) is 108 cm³/mol. The van der Waals surface area contributed by atoms with Crippen LogP contribution in [0.1, 0.15) is 36.8 Å². The maximum absolute atomic E-state index is 6.18. The van der Waals surface area contributed by atoms with Gasteiger partial charge in [-0.25, -0.2) is 4.98 Å². The molecule has 0 bridgehead atoms. The number of nitrogens with zero attached hydrogens (tertiary/aromatic N) is 3. The maximum Gasteiger partial charge on any atom is 0.111 e. The topological polar surface area (TPSA) is 56.7 Å². The van der Waals surface area contributed by atoms with Gasteiger partial charge in [0.25, 0.3) is 0 Å². The summed E-state index contributed by atoms with van der Waals surface area (Å²) in [4.78, 5) is 10.3. The lowest BCUT2D eigenvalue weighted by Crippen LogP contribution is -2.11. The van der Waals surface area contributed by atoms with Gasteiger partial charge in [0, 0.05) is 28.7 Å². The third kappa shape index (κ3) is 4.47. The quantitative estimate of drug-likeness (QED) is 0.636. The monoisotopic (exact) mass is 386 g/mol. The summed E-state index contributed by atoms with van der Waals surface area (Å²) in [6.45, 7) is 5.64. The van der Waals surface area contributed by atoms with Crippen LogP contribution in [0.4, 0.5) is 0 Å². The first kappa shape index (κ1) is 19.0. The Morgan fingerprint density at radius 1 is 1.23 bits per heavy atom. The first-order valence-electron chi connectivity index (χ1n) is 8.70. The normalized spacial score (nSPS) is 11.3. The highest BCUT2D eigenvalue weighted by atomic mass is 35.5. The van der Waals surface area contributed by atoms with Crippen molar-refractivity contribution in [2.45, 2.75) is 42.7 Å². The molecule has 0 amide bonds. The molecule has 136 valence electrons. The van der Waals surface area contributed by atoms with Gasteiger partial charge in [0.2, 0.25) is 0 Å². The van der Waals surface area contributed by atoms with Gasteiger partial charge in [-0.3, -0.25) is 4.98 Å². The summed E-state index contributed by atoms with van der Waals surface area (Å²) in [5, 5.41) is 1.89. The number of nitrogens with two attached hydrogens (primary N) is 1. The average Bonchev–Trinajstić information content (AvgIpc) is 2.94. The van der Waals surface area contributed by atoms with Gasteiger partial charge in [-0.1, -0.05) is 49.3 Å². The molecule has 0 spiro atoms. The van der Waals surface area contributed by atoms with E-state index in [4.69, 9.17) is 22.3 Å². The van der Waals surface area contributed by atoms with Crippen LogP contribution in [-0.2, 0) is 13.0 Å². The zero-order chi connectivity index (χ0) is 18.5. The van der Waals surface area contributed by atoms with E-state index >= 15 is 0 Å². The van der Waals surface area contributed by atoms with Crippen LogP contribution in [0.15, 0.2) is 58.7 Å². The van der Waals surface area contributed by atoms with E-state index in [2.05, 4.69) is 35.5 Å². The average molecular weight is 387 g/mol. The molecule has 26 heavy (non-hydrogen) atoms. The van der Waals surface area contributed by atoms with Crippen LogP contribution in [0.2, 0.25) is 5.02 Å². The van der Waals surface area contributed by atoms with Crippen LogP contribution >= 0.6 is 23.4 Å². The Bertz CT molecular complexity index is 862. The summed E-state index contributed by atoms with van der Waals surface area (Å²) in [5.41, 5.74) is 8.08. The van der Waals surface area contributed by atoms with E-state index in [0.717, 1.165) is 45.0 Å². The first-order valence-corrected chi connectivity index (χ1v) is 9.89. The van der Waals surface area contributed by atoms with Crippen molar-refractivity contribution in [2.24, 2.45) is 5.73 Å². The Labute approximate surface area is 163 Å². The Morgan fingerprint density at radius 3 is 2.73 bits per heavy atom. The number of rotatable bonds is 7. The number of pyridine rings is 1. The van der Waals surface area contributed by atoms with E-state index < -0.39 is 0 Å². The molecule has 0 aliphatic rings. The van der Waals surface area contributed by atoms with Gasteiger partial charge >= 0.3 is 0 Å².